The fraction of sp³-hybridized carbons (Fsp3) is 0. The number of benzene rings is 11. The molecular formula is C64H43N3O. The van der Waals surface area contributed by atoms with Crippen molar-refractivity contribution < 1.29 is 4.42 Å². The minimum atomic E-state index is 0.862. The first kappa shape index (κ1) is 39.3. The molecule has 2 heterocycles. The first-order valence-electron chi connectivity index (χ1n) is 23.2. The molecule has 0 fully saturated rings. The molecule has 0 bridgehead atoms. The molecule has 0 atom stereocenters. The summed E-state index contributed by atoms with van der Waals surface area (Å²) in [5, 5.41) is 7.04. The summed E-state index contributed by atoms with van der Waals surface area (Å²) in [4.78, 5) is 4.72. The van der Waals surface area contributed by atoms with Gasteiger partial charge >= 0.3 is 0 Å². The third kappa shape index (κ3) is 6.69. The van der Waals surface area contributed by atoms with Crippen LogP contribution in [0.15, 0.2) is 265 Å². The van der Waals surface area contributed by atoms with Crippen LogP contribution in [0.2, 0.25) is 0 Å². The molecule has 0 radical (unpaired) electrons. The molecule has 0 unspecified atom stereocenters. The summed E-state index contributed by atoms with van der Waals surface area (Å²) in [6, 6.07) is 93.6. The summed E-state index contributed by atoms with van der Waals surface area (Å²) < 4.78 is 8.81. The molecule has 2 aromatic heterocycles. The second-order valence-corrected chi connectivity index (χ2v) is 17.3. The summed E-state index contributed by atoms with van der Waals surface area (Å²) >= 11 is 0. The fourth-order valence-electron chi connectivity index (χ4n) is 10.2. The van der Waals surface area contributed by atoms with E-state index in [2.05, 4.69) is 263 Å². The zero-order chi connectivity index (χ0) is 45.0. The summed E-state index contributed by atoms with van der Waals surface area (Å²) in [7, 11) is 0. The Hall–Kier alpha value is -9.12. The van der Waals surface area contributed by atoms with E-state index in [9.17, 15) is 0 Å². The van der Waals surface area contributed by atoms with Crippen LogP contribution in [0.25, 0.3) is 82.5 Å². The Labute approximate surface area is 394 Å². The smallest absolute Gasteiger partial charge is 0.137 e. The van der Waals surface area contributed by atoms with E-state index in [1.54, 1.807) is 0 Å². The number of hydrogen-bond acceptors (Lipinski definition) is 3. The van der Waals surface area contributed by atoms with E-state index in [0.717, 1.165) is 72.8 Å². The highest BCUT2D eigenvalue weighted by Gasteiger charge is 2.21. The Morgan fingerprint density at radius 3 is 1.51 bits per heavy atom. The lowest BCUT2D eigenvalue weighted by molar-refractivity contribution is 0.669. The van der Waals surface area contributed by atoms with Gasteiger partial charge in [-0.2, -0.15) is 0 Å². The van der Waals surface area contributed by atoms with E-state index in [-0.39, 0.29) is 0 Å². The molecule has 0 saturated heterocycles. The predicted molar refractivity (Wildman–Crippen MR) is 286 cm³/mol. The van der Waals surface area contributed by atoms with Gasteiger partial charge in [-0.15, -0.1) is 0 Å². The molecule has 0 N–H and O–H groups in total. The van der Waals surface area contributed by atoms with Crippen LogP contribution in [-0.2, 0) is 0 Å². The van der Waals surface area contributed by atoms with Crippen LogP contribution in [0.4, 0.5) is 34.1 Å². The van der Waals surface area contributed by atoms with Crippen molar-refractivity contribution in [2.24, 2.45) is 0 Å². The predicted octanol–water partition coefficient (Wildman–Crippen LogP) is 18.1. The van der Waals surface area contributed by atoms with Gasteiger partial charge in [0, 0.05) is 67.1 Å². The van der Waals surface area contributed by atoms with Crippen molar-refractivity contribution in [3.63, 3.8) is 0 Å². The van der Waals surface area contributed by atoms with Crippen LogP contribution in [0.3, 0.4) is 0 Å². The van der Waals surface area contributed by atoms with Gasteiger partial charge in [-0.1, -0.05) is 164 Å². The second-order valence-electron chi connectivity index (χ2n) is 17.3. The Morgan fingerprint density at radius 1 is 0.279 bits per heavy atom. The van der Waals surface area contributed by atoms with Crippen molar-refractivity contribution in [2.75, 3.05) is 9.80 Å². The lowest BCUT2D eigenvalue weighted by Gasteiger charge is -2.28. The van der Waals surface area contributed by atoms with Crippen molar-refractivity contribution in [3.05, 3.63) is 261 Å². The Kier molecular flexibility index (Phi) is 9.47. The van der Waals surface area contributed by atoms with Gasteiger partial charge in [0.05, 0.1) is 16.7 Å². The SMILES string of the molecule is c1ccc(-c2ccc(N(c3ccc(-c4ccc(N(c5ccccc5)c5ccc6c7ccccc7n(-c7ccccc7)c6c5)c5ccccc45)cc3)c3ccc4c(c3)oc3ccccc34)cc2)cc1. The molecule has 0 aliphatic rings. The van der Waals surface area contributed by atoms with E-state index in [4.69, 9.17) is 4.42 Å². The standard InChI is InChI=1S/C64H43N3O/c1-4-16-44(17-5-1)45-28-32-49(33-29-45)65(52-37-39-59-58-25-13-15-27-63(58)68-64(59)43-52)50-34-30-46(31-35-50)53-40-41-61(55-23-11-10-22-54(53)55)66(47-18-6-2-7-19-47)51-36-38-57-56-24-12-14-26-60(56)67(62(57)42-51)48-20-8-3-9-21-48/h1-43H. The van der Waals surface area contributed by atoms with E-state index < -0.39 is 0 Å². The van der Waals surface area contributed by atoms with Gasteiger partial charge in [0.1, 0.15) is 11.2 Å². The number of hydrogen-bond donors (Lipinski definition) is 0. The maximum Gasteiger partial charge on any atom is 0.137 e. The summed E-state index contributed by atoms with van der Waals surface area (Å²) in [6.07, 6.45) is 0. The number of fused-ring (bicyclic) bond motifs is 7. The van der Waals surface area contributed by atoms with Crippen molar-refractivity contribution in [3.8, 4) is 27.9 Å². The van der Waals surface area contributed by atoms with Crippen LogP contribution in [0, 0.1) is 0 Å². The van der Waals surface area contributed by atoms with Gasteiger partial charge in [-0.3, -0.25) is 0 Å². The molecule has 320 valence electrons. The van der Waals surface area contributed by atoms with Gasteiger partial charge < -0.3 is 18.8 Å². The average molecular weight is 870 g/mol. The van der Waals surface area contributed by atoms with Crippen molar-refractivity contribution >= 4 is 88.6 Å². The molecule has 0 amide bonds. The molecule has 11 aromatic carbocycles. The Morgan fingerprint density at radius 2 is 0.779 bits per heavy atom. The summed E-state index contributed by atoms with van der Waals surface area (Å²) in [5.74, 6) is 0. The minimum absolute atomic E-state index is 0.862. The van der Waals surface area contributed by atoms with Gasteiger partial charge in [0.2, 0.25) is 0 Å². The van der Waals surface area contributed by atoms with Crippen molar-refractivity contribution in [2.45, 2.75) is 0 Å². The Balaban J connectivity index is 0.920. The summed E-state index contributed by atoms with van der Waals surface area (Å²) in [6.45, 7) is 0. The molecule has 0 aliphatic heterocycles. The zero-order valence-electron chi connectivity index (χ0n) is 37.1. The second kappa shape index (κ2) is 16.4. The van der Waals surface area contributed by atoms with Gasteiger partial charge in [0.15, 0.2) is 0 Å². The van der Waals surface area contributed by atoms with Crippen LogP contribution >= 0.6 is 0 Å². The molecule has 0 aliphatic carbocycles. The lowest BCUT2D eigenvalue weighted by Crippen LogP contribution is -2.11. The van der Waals surface area contributed by atoms with Crippen LogP contribution in [-0.4, -0.2) is 4.57 Å². The summed E-state index contributed by atoms with van der Waals surface area (Å²) in [5.41, 5.74) is 16.3. The minimum Gasteiger partial charge on any atom is -0.456 e. The molecule has 13 rings (SSSR count). The monoisotopic (exact) mass is 869 g/mol. The third-order valence-electron chi connectivity index (χ3n) is 13.4. The maximum atomic E-state index is 6.42. The molecule has 13 aromatic rings. The molecule has 0 saturated carbocycles. The van der Waals surface area contributed by atoms with E-state index in [0.29, 0.717) is 0 Å². The first-order valence-corrected chi connectivity index (χ1v) is 23.2. The highest BCUT2D eigenvalue weighted by atomic mass is 16.3. The number of rotatable bonds is 9. The van der Waals surface area contributed by atoms with Crippen molar-refractivity contribution in [1.29, 1.82) is 0 Å². The Bertz CT molecular complexity index is 3950. The lowest BCUT2D eigenvalue weighted by atomic mass is 9.96. The average Bonchev–Trinajstić information content (AvgIpc) is 3.95. The van der Waals surface area contributed by atoms with E-state index in [1.165, 1.54) is 43.8 Å². The zero-order valence-corrected chi connectivity index (χ0v) is 37.1. The fourth-order valence-corrected chi connectivity index (χ4v) is 10.2. The van der Waals surface area contributed by atoms with Gasteiger partial charge in [-0.25, -0.2) is 0 Å². The maximum absolute atomic E-state index is 6.42. The van der Waals surface area contributed by atoms with Crippen LogP contribution in [0.1, 0.15) is 0 Å². The number of para-hydroxylation sites is 4. The molecular weight excluding hydrogens is 827 g/mol. The first-order chi connectivity index (χ1) is 33.7. The number of anilines is 6. The molecule has 4 nitrogen and oxygen atoms in total. The molecule has 68 heavy (non-hydrogen) atoms. The van der Waals surface area contributed by atoms with Crippen LogP contribution in [0.5, 0.6) is 0 Å². The molecule has 0 spiro atoms. The highest BCUT2D eigenvalue weighted by molar-refractivity contribution is 6.12. The normalized spacial score (nSPS) is 11.5. The van der Waals surface area contributed by atoms with Crippen LogP contribution < -0.4 is 9.80 Å². The number of aromatic nitrogens is 1. The van der Waals surface area contributed by atoms with Crippen molar-refractivity contribution in [1.82, 2.24) is 4.57 Å². The quantitative estimate of drug-likeness (QED) is 0.144. The van der Waals surface area contributed by atoms with Gasteiger partial charge in [-0.05, 0) is 119 Å². The van der Waals surface area contributed by atoms with E-state index in [1.807, 2.05) is 12.1 Å². The topological polar surface area (TPSA) is 24.6 Å². The number of nitrogens with zero attached hydrogens (tertiary/aromatic N) is 3. The highest BCUT2D eigenvalue weighted by Crippen LogP contribution is 2.45. The molecule has 4 heteroatoms. The van der Waals surface area contributed by atoms with E-state index >= 15 is 0 Å². The third-order valence-corrected chi connectivity index (χ3v) is 13.4. The number of furan rings is 1. The largest absolute Gasteiger partial charge is 0.456 e. The van der Waals surface area contributed by atoms with Gasteiger partial charge in [0.25, 0.3) is 0 Å².